The number of nitriles is 1. The molecule has 0 aliphatic heterocycles. The predicted molar refractivity (Wildman–Crippen MR) is 212 cm³/mol. The Kier molecular flexibility index (Phi) is 6.31. The van der Waals surface area contributed by atoms with E-state index >= 15 is 0 Å². The predicted octanol–water partition coefficient (Wildman–Crippen LogP) is 13.4. The van der Waals surface area contributed by atoms with Gasteiger partial charge in [-0.3, -0.25) is 0 Å². The first-order chi connectivity index (χ1) is 24.7. The maximum absolute atomic E-state index is 9.36. The summed E-state index contributed by atoms with van der Waals surface area (Å²) in [5, 5.41) is 22.0. The summed E-state index contributed by atoms with van der Waals surface area (Å²) in [7, 11) is 0. The summed E-state index contributed by atoms with van der Waals surface area (Å²) in [5.41, 5.74) is 10.2. The van der Waals surface area contributed by atoms with Crippen LogP contribution in [-0.2, 0) is 0 Å². The minimum Gasteiger partial charge on any atom is -0.192 e. The molecule has 1 heteroatoms. The molecule has 230 valence electrons. The third-order valence-electron chi connectivity index (χ3n) is 10.4. The van der Waals surface area contributed by atoms with E-state index in [2.05, 4.69) is 158 Å². The first-order valence-electron chi connectivity index (χ1n) is 17.1. The van der Waals surface area contributed by atoms with Gasteiger partial charge in [-0.1, -0.05) is 140 Å². The summed E-state index contributed by atoms with van der Waals surface area (Å²) in [4.78, 5) is 0. The summed E-state index contributed by atoms with van der Waals surface area (Å²) in [6, 6.07) is 66.0. The van der Waals surface area contributed by atoms with E-state index in [1.54, 1.807) is 0 Å². The van der Waals surface area contributed by atoms with Gasteiger partial charge in [0.25, 0.3) is 0 Å². The van der Waals surface area contributed by atoms with E-state index in [1.807, 2.05) is 24.3 Å². The van der Waals surface area contributed by atoms with Gasteiger partial charge in [0.2, 0.25) is 0 Å². The number of rotatable bonds is 4. The van der Waals surface area contributed by atoms with Gasteiger partial charge in [-0.05, 0) is 135 Å². The van der Waals surface area contributed by atoms with Crippen molar-refractivity contribution in [3.63, 3.8) is 0 Å². The van der Waals surface area contributed by atoms with E-state index < -0.39 is 0 Å². The van der Waals surface area contributed by atoms with Crippen LogP contribution in [0, 0.1) is 11.3 Å². The second kappa shape index (κ2) is 11.2. The van der Waals surface area contributed by atoms with Crippen LogP contribution in [0.25, 0.3) is 98.4 Å². The number of hydrogen-bond donors (Lipinski definition) is 0. The molecule has 0 amide bonds. The molecular weight excluding hydrogens is 603 g/mol. The monoisotopic (exact) mass is 631 g/mol. The molecule has 0 aliphatic carbocycles. The number of nitrogens with zero attached hydrogens (tertiary/aromatic N) is 1. The lowest BCUT2D eigenvalue weighted by molar-refractivity contribution is 1.48. The van der Waals surface area contributed by atoms with Crippen LogP contribution < -0.4 is 0 Å². The first kappa shape index (κ1) is 28.3. The van der Waals surface area contributed by atoms with Gasteiger partial charge in [0, 0.05) is 0 Å². The Bertz CT molecular complexity index is 2980. The van der Waals surface area contributed by atoms with Gasteiger partial charge in [0.15, 0.2) is 0 Å². The Morgan fingerprint density at radius 3 is 1.46 bits per heavy atom. The molecule has 10 aromatic carbocycles. The number of hydrogen-bond acceptors (Lipinski definition) is 1. The average molecular weight is 632 g/mol. The minimum absolute atomic E-state index is 0.666. The zero-order valence-corrected chi connectivity index (χ0v) is 27.2. The highest BCUT2D eigenvalue weighted by atomic mass is 14.2. The molecule has 0 aromatic heterocycles. The highest BCUT2D eigenvalue weighted by Gasteiger charge is 2.19. The second-order valence-electron chi connectivity index (χ2n) is 13.2. The number of fused-ring (bicyclic) bond motifs is 2. The zero-order valence-electron chi connectivity index (χ0n) is 27.2. The van der Waals surface area contributed by atoms with Gasteiger partial charge >= 0.3 is 0 Å². The van der Waals surface area contributed by atoms with Gasteiger partial charge in [-0.25, -0.2) is 0 Å². The first-order valence-corrected chi connectivity index (χ1v) is 17.1. The normalized spacial score (nSPS) is 11.6. The van der Waals surface area contributed by atoms with Crippen LogP contribution in [0.15, 0.2) is 176 Å². The van der Waals surface area contributed by atoms with Crippen molar-refractivity contribution in [1.29, 1.82) is 5.26 Å². The number of benzene rings is 10. The van der Waals surface area contributed by atoms with Crippen molar-refractivity contribution in [2.45, 2.75) is 0 Å². The molecule has 0 N–H and O–H groups in total. The molecule has 0 unspecified atom stereocenters. The van der Waals surface area contributed by atoms with Crippen LogP contribution in [0.2, 0.25) is 0 Å². The fourth-order valence-electron chi connectivity index (χ4n) is 7.94. The summed E-state index contributed by atoms with van der Waals surface area (Å²) >= 11 is 0. The lowest BCUT2D eigenvalue weighted by atomic mass is 9.83. The van der Waals surface area contributed by atoms with Crippen LogP contribution in [0.3, 0.4) is 0 Å². The summed E-state index contributed by atoms with van der Waals surface area (Å²) in [6.07, 6.45) is 0. The van der Waals surface area contributed by atoms with Crippen LogP contribution in [0.5, 0.6) is 0 Å². The topological polar surface area (TPSA) is 23.8 Å². The maximum Gasteiger partial charge on any atom is 0.0991 e. The molecule has 50 heavy (non-hydrogen) atoms. The third kappa shape index (κ3) is 4.47. The fraction of sp³-hybridized carbons (Fsp3) is 0. The van der Waals surface area contributed by atoms with Crippen LogP contribution >= 0.6 is 0 Å². The van der Waals surface area contributed by atoms with Gasteiger partial charge < -0.3 is 0 Å². The summed E-state index contributed by atoms with van der Waals surface area (Å²) in [5.74, 6) is 0. The molecule has 0 radical (unpaired) electrons. The molecule has 10 aromatic rings. The fourth-order valence-corrected chi connectivity index (χ4v) is 7.94. The van der Waals surface area contributed by atoms with Crippen molar-refractivity contribution in [3.8, 4) is 50.6 Å². The molecule has 0 spiro atoms. The Morgan fingerprint density at radius 1 is 0.300 bits per heavy atom. The molecule has 0 saturated heterocycles. The van der Waals surface area contributed by atoms with Crippen LogP contribution in [0.4, 0.5) is 0 Å². The SMILES string of the molecule is N#Cc1ccc(-c2cccc(-c3cc(-c4ccc5ccccc5c4)c4ccc5ccc(-c6ccc7ccccc7c6)c6ccc3c4c56)c2)cc1. The van der Waals surface area contributed by atoms with E-state index in [0.29, 0.717) is 5.56 Å². The average Bonchev–Trinajstić information content (AvgIpc) is 3.19. The second-order valence-corrected chi connectivity index (χ2v) is 13.2. The summed E-state index contributed by atoms with van der Waals surface area (Å²) < 4.78 is 0. The van der Waals surface area contributed by atoms with E-state index in [0.717, 1.165) is 11.1 Å². The van der Waals surface area contributed by atoms with Crippen molar-refractivity contribution in [2.24, 2.45) is 0 Å². The van der Waals surface area contributed by atoms with E-state index in [4.69, 9.17) is 0 Å². The van der Waals surface area contributed by atoms with Crippen molar-refractivity contribution in [2.75, 3.05) is 0 Å². The van der Waals surface area contributed by atoms with Gasteiger partial charge in [0.1, 0.15) is 0 Å². The van der Waals surface area contributed by atoms with Gasteiger partial charge in [-0.15, -0.1) is 0 Å². The molecule has 1 nitrogen and oxygen atoms in total. The van der Waals surface area contributed by atoms with Crippen molar-refractivity contribution in [1.82, 2.24) is 0 Å². The smallest absolute Gasteiger partial charge is 0.0991 e. The van der Waals surface area contributed by atoms with E-state index in [1.165, 1.54) is 87.2 Å². The molecule has 0 atom stereocenters. The lowest BCUT2D eigenvalue weighted by Crippen LogP contribution is -1.93. The van der Waals surface area contributed by atoms with Gasteiger partial charge in [0.05, 0.1) is 11.6 Å². The van der Waals surface area contributed by atoms with Crippen molar-refractivity contribution < 1.29 is 0 Å². The Labute approximate surface area is 290 Å². The van der Waals surface area contributed by atoms with E-state index in [-0.39, 0.29) is 0 Å². The van der Waals surface area contributed by atoms with Crippen molar-refractivity contribution in [3.05, 3.63) is 181 Å². The Balaban J connectivity index is 1.27. The minimum atomic E-state index is 0.666. The molecule has 0 fully saturated rings. The molecule has 0 saturated carbocycles. The molecular formula is C49H29N. The Hall–Kier alpha value is -6.75. The van der Waals surface area contributed by atoms with Crippen LogP contribution in [-0.4, -0.2) is 0 Å². The standard InChI is InChI=1S/C49H29N/c50-30-31-12-14-34(15-13-31)38-10-5-11-39(26-38)46-29-47(41-19-17-33-7-2-4-9-37(33)28-41)44-23-21-35-20-22-42(43-24-25-45(46)49(44)48(35)43)40-18-16-32-6-1-3-8-36(32)27-40/h1-29H. The largest absolute Gasteiger partial charge is 0.192 e. The van der Waals surface area contributed by atoms with Crippen molar-refractivity contribution >= 4 is 53.9 Å². The highest BCUT2D eigenvalue weighted by molar-refractivity contribution is 6.30. The van der Waals surface area contributed by atoms with E-state index in [9.17, 15) is 5.26 Å². The Morgan fingerprint density at radius 2 is 0.800 bits per heavy atom. The molecule has 0 bridgehead atoms. The molecule has 10 rings (SSSR count). The highest BCUT2D eigenvalue weighted by Crippen LogP contribution is 2.46. The summed E-state index contributed by atoms with van der Waals surface area (Å²) in [6.45, 7) is 0. The van der Waals surface area contributed by atoms with Crippen LogP contribution in [0.1, 0.15) is 5.56 Å². The maximum atomic E-state index is 9.36. The van der Waals surface area contributed by atoms with Gasteiger partial charge in [-0.2, -0.15) is 5.26 Å². The lowest BCUT2D eigenvalue weighted by Gasteiger charge is -2.20. The quantitative estimate of drug-likeness (QED) is 0.177. The molecule has 0 aliphatic rings. The zero-order chi connectivity index (χ0) is 33.2. The third-order valence-corrected chi connectivity index (χ3v) is 10.4. The molecule has 0 heterocycles.